The lowest BCUT2D eigenvalue weighted by Crippen LogP contribution is -2.38. The van der Waals surface area contributed by atoms with Crippen molar-refractivity contribution in [2.24, 2.45) is 4.99 Å². The average Bonchev–Trinajstić information content (AvgIpc) is 2.69. The Hall–Kier alpha value is -2.82. The molecule has 138 valence electrons. The molecule has 0 saturated heterocycles. The van der Waals surface area contributed by atoms with E-state index in [4.69, 9.17) is 0 Å². The quantitative estimate of drug-likeness (QED) is 0.529. The number of nitrogens with one attached hydrogen (secondary N) is 3. The number of guanidine groups is 1. The number of rotatable bonds is 7. The fourth-order valence-electron chi connectivity index (χ4n) is 2.57. The maximum absolute atomic E-state index is 12.1. The Balaban J connectivity index is 1.93. The first-order valence-electron chi connectivity index (χ1n) is 9.03. The van der Waals surface area contributed by atoms with Gasteiger partial charge >= 0.3 is 0 Å². The highest BCUT2D eigenvalue weighted by Gasteiger charge is 2.08. The molecule has 0 fully saturated rings. The molecule has 0 aliphatic heterocycles. The number of benzene rings is 2. The van der Waals surface area contributed by atoms with Crippen LogP contribution in [0.4, 0.5) is 0 Å². The van der Waals surface area contributed by atoms with Crippen LogP contribution >= 0.6 is 0 Å². The van der Waals surface area contributed by atoms with Gasteiger partial charge in [0.1, 0.15) is 0 Å². The highest BCUT2D eigenvalue weighted by molar-refractivity contribution is 5.94. The van der Waals surface area contributed by atoms with Crippen molar-refractivity contribution in [3.05, 3.63) is 71.3 Å². The van der Waals surface area contributed by atoms with Gasteiger partial charge in [-0.25, -0.2) is 0 Å². The van der Waals surface area contributed by atoms with E-state index >= 15 is 0 Å². The molecule has 1 unspecified atom stereocenters. The zero-order valence-electron chi connectivity index (χ0n) is 15.8. The summed E-state index contributed by atoms with van der Waals surface area (Å²) in [6.07, 6.45) is 0.925. The van der Waals surface area contributed by atoms with Gasteiger partial charge in [-0.3, -0.25) is 9.79 Å². The largest absolute Gasteiger partial charge is 0.352 e. The number of nitrogens with zero attached hydrogens (tertiary/aromatic N) is 1. The van der Waals surface area contributed by atoms with Crippen molar-refractivity contribution in [3.63, 3.8) is 0 Å². The lowest BCUT2D eigenvalue weighted by molar-refractivity contribution is 0.0953. The van der Waals surface area contributed by atoms with E-state index in [1.807, 2.05) is 49.4 Å². The van der Waals surface area contributed by atoms with Crippen molar-refractivity contribution in [3.8, 4) is 0 Å². The van der Waals surface area contributed by atoms with E-state index in [1.54, 1.807) is 7.05 Å². The number of aliphatic imine (C=N–C) groups is 1. The molecule has 2 aromatic rings. The third-order valence-corrected chi connectivity index (χ3v) is 4.06. The summed E-state index contributed by atoms with van der Waals surface area (Å²) in [6, 6.07) is 18.0. The Morgan fingerprint density at radius 2 is 1.85 bits per heavy atom. The first kappa shape index (κ1) is 19.5. The molecule has 0 bridgehead atoms. The molecule has 3 N–H and O–H groups in total. The number of hydrogen-bond acceptors (Lipinski definition) is 2. The average molecular weight is 352 g/mol. The second-order valence-electron chi connectivity index (χ2n) is 6.16. The van der Waals surface area contributed by atoms with Crippen LogP contribution in [0.3, 0.4) is 0 Å². The molecule has 0 aromatic heterocycles. The van der Waals surface area contributed by atoms with Gasteiger partial charge in [0.2, 0.25) is 0 Å². The van der Waals surface area contributed by atoms with E-state index < -0.39 is 0 Å². The van der Waals surface area contributed by atoms with Crippen molar-refractivity contribution in [1.29, 1.82) is 0 Å². The summed E-state index contributed by atoms with van der Waals surface area (Å²) < 4.78 is 0. The molecule has 2 aromatic carbocycles. The number of amides is 1. The predicted molar refractivity (Wildman–Crippen MR) is 107 cm³/mol. The van der Waals surface area contributed by atoms with Gasteiger partial charge in [0.25, 0.3) is 5.91 Å². The first-order valence-corrected chi connectivity index (χ1v) is 9.03. The second kappa shape index (κ2) is 10.2. The first-order chi connectivity index (χ1) is 12.6. The van der Waals surface area contributed by atoms with Crippen molar-refractivity contribution >= 4 is 11.9 Å². The fraction of sp³-hybridized carbons (Fsp3) is 0.333. The topological polar surface area (TPSA) is 65.5 Å². The molecule has 0 aliphatic rings. The molecule has 1 atom stereocenters. The molecular weight excluding hydrogens is 324 g/mol. The van der Waals surface area contributed by atoms with E-state index in [1.165, 1.54) is 5.56 Å². The number of hydrogen-bond donors (Lipinski definition) is 3. The fourth-order valence-corrected chi connectivity index (χ4v) is 2.57. The summed E-state index contributed by atoms with van der Waals surface area (Å²) >= 11 is 0. The third-order valence-electron chi connectivity index (χ3n) is 4.06. The maximum atomic E-state index is 12.1. The standard InChI is InChI=1S/C21H28N4O/c1-4-13-23-20(26)19-12-8-9-17(14-19)15-24-21(22-3)25-16(2)18-10-6-5-7-11-18/h5-12,14,16H,4,13,15H2,1-3H3,(H,23,26)(H2,22,24,25). The molecule has 26 heavy (non-hydrogen) atoms. The molecule has 0 saturated carbocycles. The summed E-state index contributed by atoms with van der Waals surface area (Å²) in [5, 5.41) is 9.58. The highest BCUT2D eigenvalue weighted by Crippen LogP contribution is 2.11. The lowest BCUT2D eigenvalue weighted by Gasteiger charge is -2.18. The molecule has 1 amide bonds. The molecule has 0 spiro atoms. The second-order valence-corrected chi connectivity index (χ2v) is 6.16. The van der Waals surface area contributed by atoms with E-state index in [0.29, 0.717) is 18.7 Å². The van der Waals surface area contributed by atoms with E-state index in [0.717, 1.165) is 17.9 Å². The summed E-state index contributed by atoms with van der Waals surface area (Å²) in [7, 11) is 1.75. The van der Waals surface area contributed by atoms with Crippen LogP contribution in [0.5, 0.6) is 0 Å². The van der Waals surface area contributed by atoms with Crippen LogP contribution < -0.4 is 16.0 Å². The van der Waals surface area contributed by atoms with E-state index in [2.05, 4.69) is 40.0 Å². The zero-order chi connectivity index (χ0) is 18.8. The van der Waals surface area contributed by atoms with Crippen molar-refractivity contribution < 1.29 is 4.79 Å². The number of carbonyl (C=O) groups excluding carboxylic acids is 1. The Kier molecular flexibility index (Phi) is 7.68. The summed E-state index contributed by atoms with van der Waals surface area (Å²) in [4.78, 5) is 16.4. The Morgan fingerprint density at radius 1 is 1.08 bits per heavy atom. The van der Waals surface area contributed by atoms with Crippen LogP contribution in [0, 0.1) is 0 Å². The Morgan fingerprint density at radius 3 is 2.54 bits per heavy atom. The van der Waals surface area contributed by atoms with Gasteiger partial charge in [-0.2, -0.15) is 0 Å². The van der Waals surface area contributed by atoms with E-state index in [-0.39, 0.29) is 11.9 Å². The van der Waals surface area contributed by atoms with Crippen LogP contribution in [0.15, 0.2) is 59.6 Å². The van der Waals surface area contributed by atoms with Gasteiger partial charge in [0.15, 0.2) is 5.96 Å². The highest BCUT2D eigenvalue weighted by atomic mass is 16.1. The number of carbonyl (C=O) groups is 1. The zero-order valence-corrected chi connectivity index (χ0v) is 15.8. The predicted octanol–water partition coefficient (Wildman–Crippen LogP) is 3.25. The summed E-state index contributed by atoms with van der Waals surface area (Å²) in [5.41, 5.74) is 2.91. The van der Waals surface area contributed by atoms with Crippen LogP contribution in [0.1, 0.15) is 47.8 Å². The molecular formula is C21H28N4O. The van der Waals surface area contributed by atoms with Crippen molar-refractivity contribution in [2.45, 2.75) is 32.9 Å². The van der Waals surface area contributed by atoms with Crippen LogP contribution in [-0.4, -0.2) is 25.5 Å². The molecule has 0 aliphatic carbocycles. The van der Waals surface area contributed by atoms with Crippen molar-refractivity contribution in [1.82, 2.24) is 16.0 Å². The van der Waals surface area contributed by atoms with Gasteiger partial charge < -0.3 is 16.0 Å². The monoisotopic (exact) mass is 352 g/mol. The van der Waals surface area contributed by atoms with Crippen LogP contribution in [-0.2, 0) is 6.54 Å². The third kappa shape index (κ3) is 5.92. The van der Waals surface area contributed by atoms with Gasteiger partial charge in [0, 0.05) is 25.7 Å². The molecule has 0 heterocycles. The van der Waals surface area contributed by atoms with Gasteiger partial charge in [-0.1, -0.05) is 49.4 Å². The van der Waals surface area contributed by atoms with Gasteiger partial charge in [-0.15, -0.1) is 0 Å². The van der Waals surface area contributed by atoms with Crippen molar-refractivity contribution in [2.75, 3.05) is 13.6 Å². The molecule has 5 nitrogen and oxygen atoms in total. The minimum Gasteiger partial charge on any atom is -0.352 e. The minimum atomic E-state index is -0.0334. The summed E-state index contributed by atoms with van der Waals surface area (Å²) in [6.45, 7) is 5.42. The molecule has 5 heteroatoms. The Labute approximate surface area is 155 Å². The lowest BCUT2D eigenvalue weighted by atomic mass is 10.1. The Bertz CT molecular complexity index is 728. The van der Waals surface area contributed by atoms with Gasteiger partial charge in [0.05, 0.1) is 6.04 Å². The molecule has 0 radical (unpaired) electrons. The minimum absolute atomic E-state index is 0.0334. The SMILES string of the molecule is CCCNC(=O)c1cccc(CNC(=NC)NC(C)c2ccccc2)c1. The summed E-state index contributed by atoms with van der Waals surface area (Å²) in [5.74, 6) is 0.691. The van der Waals surface area contributed by atoms with Gasteiger partial charge in [-0.05, 0) is 36.6 Å². The van der Waals surface area contributed by atoms with E-state index in [9.17, 15) is 4.79 Å². The maximum Gasteiger partial charge on any atom is 0.251 e. The van der Waals surface area contributed by atoms with Crippen LogP contribution in [0.25, 0.3) is 0 Å². The smallest absolute Gasteiger partial charge is 0.251 e. The normalized spacial score (nSPS) is 12.3. The van der Waals surface area contributed by atoms with Crippen LogP contribution in [0.2, 0.25) is 0 Å². The molecule has 2 rings (SSSR count).